The molecule has 2 heterocycles. The molecule has 0 spiro atoms. The molecule has 0 aromatic heterocycles. The van der Waals surface area contributed by atoms with Crippen LogP contribution in [0.2, 0.25) is 0 Å². The predicted molar refractivity (Wildman–Crippen MR) is 81.8 cm³/mol. The Labute approximate surface area is 120 Å². The lowest BCUT2D eigenvalue weighted by Gasteiger charge is -2.34. The fraction of sp³-hybridized carbons (Fsp3) is 0.923. The molecule has 0 amide bonds. The lowest BCUT2D eigenvalue weighted by atomic mass is 9.98. The topological polar surface area (TPSA) is 62.9 Å². The summed E-state index contributed by atoms with van der Waals surface area (Å²) in [6, 6.07) is 0. The molecule has 3 N–H and O–H groups in total. The lowest BCUT2D eigenvalue weighted by Crippen LogP contribution is -2.48. The van der Waals surface area contributed by atoms with Crippen LogP contribution in [0.3, 0.4) is 0 Å². The first-order chi connectivity index (χ1) is 9.12. The zero-order chi connectivity index (χ0) is 13.7. The number of nitrogens with zero attached hydrogens (tertiary/aromatic N) is 2. The van der Waals surface area contributed by atoms with E-state index in [-0.39, 0.29) is 5.54 Å². The van der Waals surface area contributed by atoms with Gasteiger partial charge in [0.15, 0.2) is 5.96 Å². The summed E-state index contributed by atoms with van der Waals surface area (Å²) in [5, 5.41) is 3.18. The monoisotopic (exact) mass is 286 g/mol. The lowest BCUT2D eigenvalue weighted by molar-refractivity contribution is 0.114. The van der Waals surface area contributed by atoms with Crippen LogP contribution >= 0.6 is 11.8 Å². The van der Waals surface area contributed by atoms with E-state index in [9.17, 15) is 0 Å². The van der Waals surface area contributed by atoms with Crippen LogP contribution in [0.4, 0.5) is 0 Å². The van der Waals surface area contributed by atoms with E-state index in [1.807, 2.05) is 11.8 Å². The Balaban J connectivity index is 1.79. The quantitative estimate of drug-likeness (QED) is 0.569. The molecule has 6 heteroatoms. The molecule has 0 bridgehead atoms. The van der Waals surface area contributed by atoms with E-state index >= 15 is 0 Å². The highest BCUT2D eigenvalue weighted by molar-refractivity contribution is 7.99. The van der Waals surface area contributed by atoms with Crippen molar-refractivity contribution in [3.05, 3.63) is 0 Å². The van der Waals surface area contributed by atoms with Gasteiger partial charge in [-0.3, -0.25) is 4.99 Å². The molecule has 0 aromatic rings. The van der Waals surface area contributed by atoms with Crippen LogP contribution in [0.5, 0.6) is 0 Å². The highest BCUT2D eigenvalue weighted by Crippen LogP contribution is 2.32. The molecule has 0 aliphatic carbocycles. The van der Waals surface area contributed by atoms with Crippen molar-refractivity contribution in [1.82, 2.24) is 10.2 Å². The smallest absolute Gasteiger partial charge is 0.188 e. The Morgan fingerprint density at radius 3 is 3.00 bits per heavy atom. The number of ether oxygens (including phenoxy) is 1. The maximum Gasteiger partial charge on any atom is 0.188 e. The van der Waals surface area contributed by atoms with Crippen molar-refractivity contribution in [3.63, 3.8) is 0 Å². The summed E-state index contributed by atoms with van der Waals surface area (Å²) in [5.74, 6) is 2.91. The molecule has 2 fully saturated rings. The van der Waals surface area contributed by atoms with E-state index in [1.54, 1.807) is 0 Å². The molecule has 19 heavy (non-hydrogen) atoms. The Hall–Kier alpha value is -0.460. The van der Waals surface area contributed by atoms with Crippen LogP contribution in [0.1, 0.15) is 19.3 Å². The van der Waals surface area contributed by atoms with E-state index in [1.165, 1.54) is 12.2 Å². The molecule has 2 saturated heterocycles. The third kappa shape index (κ3) is 4.00. The molecule has 2 rings (SSSR count). The summed E-state index contributed by atoms with van der Waals surface area (Å²) >= 11 is 2.00. The van der Waals surface area contributed by atoms with Crippen molar-refractivity contribution in [2.24, 2.45) is 10.7 Å². The van der Waals surface area contributed by atoms with Gasteiger partial charge in [0.1, 0.15) is 0 Å². The van der Waals surface area contributed by atoms with E-state index in [2.05, 4.69) is 29.3 Å². The minimum Gasteiger partial charge on any atom is -0.376 e. The van der Waals surface area contributed by atoms with Crippen LogP contribution in [-0.2, 0) is 4.74 Å². The van der Waals surface area contributed by atoms with Gasteiger partial charge < -0.3 is 20.7 Å². The number of aliphatic imine (C=N–C) groups is 1. The Morgan fingerprint density at radius 2 is 2.42 bits per heavy atom. The van der Waals surface area contributed by atoms with E-state index < -0.39 is 0 Å². The summed E-state index contributed by atoms with van der Waals surface area (Å²) in [7, 11) is 4.27. The highest BCUT2D eigenvalue weighted by atomic mass is 32.2. The molecule has 2 unspecified atom stereocenters. The number of hydrogen-bond donors (Lipinski definition) is 2. The highest BCUT2D eigenvalue weighted by Gasteiger charge is 2.36. The third-order valence-corrected chi connectivity index (χ3v) is 5.34. The van der Waals surface area contributed by atoms with Gasteiger partial charge in [0, 0.05) is 24.4 Å². The minimum atomic E-state index is 0.181. The summed E-state index contributed by atoms with van der Waals surface area (Å²) in [4.78, 5) is 6.83. The van der Waals surface area contributed by atoms with Crippen molar-refractivity contribution < 1.29 is 4.74 Å². The van der Waals surface area contributed by atoms with Crippen molar-refractivity contribution >= 4 is 17.7 Å². The summed E-state index contributed by atoms with van der Waals surface area (Å²) in [6.45, 7) is 2.43. The van der Waals surface area contributed by atoms with Gasteiger partial charge in [-0.1, -0.05) is 0 Å². The molecule has 2 atom stereocenters. The number of nitrogens with two attached hydrogens (primary N) is 1. The first kappa shape index (κ1) is 14.9. The van der Waals surface area contributed by atoms with Gasteiger partial charge in [-0.25, -0.2) is 0 Å². The minimum absolute atomic E-state index is 0.181. The van der Waals surface area contributed by atoms with Crippen LogP contribution in [0.15, 0.2) is 4.99 Å². The van der Waals surface area contributed by atoms with Crippen molar-refractivity contribution in [2.75, 3.05) is 45.3 Å². The fourth-order valence-corrected chi connectivity index (χ4v) is 4.07. The fourth-order valence-electron chi connectivity index (χ4n) is 2.53. The van der Waals surface area contributed by atoms with E-state index in [0.717, 1.165) is 38.3 Å². The zero-order valence-corrected chi connectivity index (χ0v) is 12.8. The van der Waals surface area contributed by atoms with Gasteiger partial charge in [0.05, 0.1) is 12.6 Å². The number of likely N-dealkylation sites (N-methyl/N-ethyl adjacent to an activating group) is 1. The van der Waals surface area contributed by atoms with Crippen LogP contribution in [-0.4, -0.2) is 67.8 Å². The summed E-state index contributed by atoms with van der Waals surface area (Å²) < 4.78 is 5.55. The van der Waals surface area contributed by atoms with Gasteiger partial charge in [0.25, 0.3) is 0 Å². The molecule has 0 radical (unpaired) electrons. The molecule has 0 aromatic carbocycles. The van der Waals surface area contributed by atoms with Gasteiger partial charge in [-0.15, -0.1) is 0 Å². The first-order valence-electron chi connectivity index (χ1n) is 7.03. The average molecular weight is 286 g/mol. The van der Waals surface area contributed by atoms with E-state index in [4.69, 9.17) is 10.5 Å². The van der Waals surface area contributed by atoms with Crippen LogP contribution < -0.4 is 11.1 Å². The summed E-state index contributed by atoms with van der Waals surface area (Å²) in [6.07, 6.45) is 3.77. The second-order valence-corrected chi connectivity index (χ2v) is 6.74. The molecule has 110 valence electrons. The van der Waals surface area contributed by atoms with Crippen LogP contribution in [0.25, 0.3) is 0 Å². The number of thioether (sulfide) groups is 1. The number of nitrogens with one attached hydrogen (secondary N) is 1. The van der Waals surface area contributed by atoms with E-state index in [0.29, 0.717) is 12.1 Å². The Morgan fingerprint density at radius 1 is 1.58 bits per heavy atom. The van der Waals surface area contributed by atoms with Gasteiger partial charge in [0.2, 0.25) is 0 Å². The van der Waals surface area contributed by atoms with Crippen molar-refractivity contribution in [1.29, 1.82) is 0 Å². The first-order valence-corrected chi connectivity index (χ1v) is 8.18. The predicted octanol–water partition coefficient (Wildman–Crippen LogP) is 0.507. The normalized spacial score (nSPS) is 32.2. The Bertz CT molecular complexity index is 310. The standard InChI is InChI=1S/C13H26N4OS/c1-17(2)13(5-7-19-10-13)9-16-12(14)15-8-11-4-3-6-18-11/h11H,3-10H2,1-2H3,(H3,14,15,16). The Kier molecular flexibility index (Phi) is 5.36. The van der Waals surface area contributed by atoms with Crippen LogP contribution in [0, 0.1) is 0 Å². The summed E-state index contributed by atoms with van der Waals surface area (Å²) in [5.41, 5.74) is 6.13. The SMILES string of the molecule is CN(C)C1(CN=C(N)NCC2CCCO2)CCSC1. The molecule has 2 aliphatic heterocycles. The maximum atomic E-state index is 5.95. The second-order valence-electron chi connectivity index (χ2n) is 5.64. The number of hydrogen-bond acceptors (Lipinski definition) is 4. The molecule has 5 nitrogen and oxygen atoms in total. The average Bonchev–Trinajstić information content (AvgIpc) is 3.05. The molecule has 2 aliphatic rings. The maximum absolute atomic E-state index is 5.95. The molecule has 0 saturated carbocycles. The van der Waals surface area contributed by atoms with Crippen molar-refractivity contribution in [2.45, 2.75) is 30.9 Å². The van der Waals surface area contributed by atoms with Gasteiger partial charge >= 0.3 is 0 Å². The third-order valence-electron chi connectivity index (χ3n) is 4.11. The second kappa shape index (κ2) is 6.81. The largest absolute Gasteiger partial charge is 0.376 e. The zero-order valence-electron chi connectivity index (χ0n) is 12.0. The van der Waals surface area contributed by atoms with Crippen molar-refractivity contribution in [3.8, 4) is 0 Å². The number of guanidine groups is 1. The number of rotatable bonds is 5. The molecular formula is C13H26N4OS. The van der Waals surface area contributed by atoms with Gasteiger partial charge in [-0.2, -0.15) is 11.8 Å². The van der Waals surface area contributed by atoms with Gasteiger partial charge in [-0.05, 0) is 39.1 Å². The molecular weight excluding hydrogens is 260 g/mol.